The van der Waals surface area contributed by atoms with Crippen LogP contribution >= 0.6 is 24.0 Å². The zero-order valence-corrected chi connectivity index (χ0v) is 17.8. The highest BCUT2D eigenvalue weighted by molar-refractivity contribution is 14.0. The number of aryl methyl sites for hydroxylation is 1. The van der Waals surface area contributed by atoms with Gasteiger partial charge in [-0.1, -0.05) is 0 Å². The molecule has 0 saturated heterocycles. The third kappa shape index (κ3) is 6.19. The van der Waals surface area contributed by atoms with Gasteiger partial charge < -0.3 is 19.8 Å². The lowest BCUT2D eigenvalue weighted by molar-refractivity contribution is 0.288. The molecule has 0 radical (unpaired) electrons. The molecule has 1 atom stereocenters. The van der Waals surface area contributed by atoms with Gasteiger partial charge in [-0.15, -0.1) is 24.0 Å². The quantitative estimate of drug-likeness (QED) is 0.366. The van der Waals surface area contributed by atoms with Crippen LogP contribution in [0.1, 0.15) is 42.9 Å². The predicted molar refractivity (Wildman–Crippen MR) is 113 cm³/mol. The van der Waals surface area contributed by atoms with Crippen LogP contribution in [0.5, 0.6) is 5.88 Å². The molecule has 1 unspecified atom stereocenters. The number of aliphatic imine (C=N–C) groups is 1. The Hall–Kier alpha value is -1.77. The Morgan fingerprint density at radius 3 is 2.85 bits per heavy atom. The monoisotopic (exact) mass is 470 g/mol. The first-order valence-corrected chi connectivity index (χ1v) is 8.75. The first-order chi connectivity index (χ1) is 12.1. The van der Waals surface area contributed by atoms with Crippen molar-refractivity contribution in [2.75, 3.05) is 13.7 Å². The smallest absolute Gasteiger partial charge is 0.213 e. The minimum atomic E-state index is 0. The van der Waals surface area contributed by atoms with Crippen molar-refractivity contribution in [2.24, 2.45) is 10.9 Å². The standard InChI is InChI=1S/C19H26N4O2.HI/c1-13-4-7-17(25-13)14(2)23-19(20-3)22-11-16-8-9-21-18(10-16)24-12-15-5-6-15;/h4,7-10,14-15H,5-6,11-12H2,1-3H3,(H2,20,22,23);1H. The SMILES string of the molecule is CN=C(NCc1ccnc(OCC2CC2)c1)NC(C)c1ccc(C)o1.I. The normalized spacial score (nSPS) is 15.1. The van der Waals surface area contributed by atoms with Crippen LogP contribution in [0.3, 0.4) is 0 Å². The number of ether oxygens (including phenoxy) is 1. The van der Waals surface area contributed by atoms with Gasteiger partial charge in [-0.05, 0) is 56.4 Å². The molecule has 0 bridgehead atoms. The molecule has 0 spiro atoms. The molecule has 26 heavy (non-hydrogen) atoms. The van der Waals surface area contributed by atoms with Crippen molar-refractivity contribution in [1.29, 1.82) is 0 Å². The maximum atomic E-state index is 5.73. The number of halogens is 1. The molecule has 2 aromatic rings. The van der Waals surface area contributed by atoms with Gasteiger partial charge in [0.2, 0.25) is 5.88 Å². The first kappa shape index (κ1) is 20.5. The van der Waals surface area contributed by atoms with E-state index in [1.165, 1.54) is 12.8 Å². The second-order valence-corrected chi connectivity index (χ2v) is 6.50. The number of aromatic nitrogens is 1. The van der Waals surface area contributed by atoms with Crippen LogP contribution in [0.4, 0.5) is 0 Å². The van der Waals surface area contributed by atoms with E-state index in [9.17, 15) is 0 Å². The van der Waals surface area contributed by atoms with Crippen molar-refractivity contribution in [3.05, 3.63) is 47.5 Å². The Bertz CT molecular complexity index is 728. The largest absolute Gasteiger partial charge is 0.477 e. The van der Waals surface area contributed by atoms with Crippen molar-refractivity contribution in [1.82, 2.24) is 15.6 Å². The molecule has 2 aromatic heterocycles. The summed E-state index contributed by atoms with van der Waals surface area (Å²) in [6.45, 7) is 5.40. The first-order valence-electron chi connectivity index (χ1n) is 8.75. The molecule has 7 heteroatoms. The molecule has 1 saturated carbocycles. The van der Waals surface area contributed by atoms with E-state index >= 15 is 0 Å². The predicted octanol–water partition coefficient (Wildman–Crippen LogP) is 3.82. The Morgan fingerprint density at radius 2 is 2.19 bits per heavy atom. The summed E-state index contributed by atoms with van der Waals surface area (Å²) in [5, 5.41) is 6.64. The van der Waals surface area contributed by atoms with E-state index < -0.39 is 0 Å². The van der Waals surface area contributed by atoms with Crippen LogP contribution in [0.2, 0.25) is 0 Å². The van der Waals surface area contributed by atoms with Gasteiger partial charge in [0.05, 0.1) is 12.6 Å². The molecule has 1 aliphatic rings. The minimum absolute atomic E-state index is 0. The molecule has 142 valence electrons. The van der Waals surface area contributed by atoms with Crippen LogP contribution in [-0.4, -0.2) is 24.6 Å². The third-order valence-corrected chi connectivity index (χ3v) is 4.19. The van der Waals surface area contributed by atoms with Crippen LogP contribution in [0, 0.1) is 12.8 Å². The number of hydrogen-bond donors (Lipinski definition) is 2. The second-order valence-electron chi connectivity index (χ2n) is 6.50. The molecule has 2 N–H and O–H groups in total. The summed E-state index contributed by atoms with van der Waals surface area (Å²) < 4.78 is 11.4. The average molecular weight is 470 g/mol. The Morgan fingerprint density at radius 1 is 1.38 bits per heavy atom. The molecular formula is C19H27IN4O2. The zero-order chi connectivity index (χ0) is 17.6. The lowest BCUT2D eigenvalue weighted by Gasteiger charge is -2.16. The second kappa shape index (κ2) is 9.80. The Labute approximate surface area is 171 Å². The molecule has 0 aliphatic heterocycles. The maximum Gasteiger partial charge on any atom is 0.213 e. The number of nitrogens with zero attached hydrogens (tertiary/aromatic N) is 2. The summed E-state index contributed by atoms with van der Waals surface area (Å²) in [6.07, 6.45) is 4.33. The van der Waals surface area contributed by atoms with Gasteiger partial charge in [0.25, 0.3) is 0 Å². The number of nitrogens with one attached hydrogen (secondary N) is 2. The van der Waals surface area contributed by atoms with Crippen molar-refractivity contribution in [3.8, 4) is 5.88 Å². The molecule has 3 rings (SSSR count). The highest BCUT2D eigenvalue weighted by Gasteiger charge is 2.22. The molecule has 6 nitrogen and oxygen atoms in total. The molecule has 0 amide bonds. The van der Waals surface area contributed by atoms with Crippen molar-refractivity contribution < 1.29 is 9.15 Å². The molecule has 2 heterocycles. The summed E-state index contributed by atoms with van der Waals surface area (Å²) in [5.74, 6) is 3.92. The summed E-state index contributed by atoms with van der Waals surface area (Å²) in [4.78, 5) is 8.54. The van der Waals surface area contributed by atoms with Crippen molar-refractivity contribution in [3.63, 3.8) is 0 Å². The van der Waals surface area contributed by atoms with E-state index in [2.05, 4.69) is 20.6 Å². The van der Waals surface area contributed by atoms with E-state index in [-0.39, 0.29) is 30.0 Å². The van der Waals surface area contributed by atoms with E-state index in [0.29, 0.717) is 12.4 Å². The third-order valence-electron chi connectivity index (χ3n) is 4.19. The zero-order valence-electron chi connectivity index (χ0n) is 15.5. The highest BCUT2D eigenvalue weighted by Crippen LogP contribution is 2.29. The fourth-order valence-corrected chi connectivity index (χ4v) is 2.47. The Balaban J connectivity index is 0.00000243. The number of hydrogen-bond acceptors (Lipinski definition) is 4. The van der Waals surface area contributed by atoms with E-state index in [4.69, 9.17) is 9.15 Å². The van der Waals surface area contributed by atoms with Crippen LogP contribution < -0.4 is 15.4 Å². The summed E-state index contributed by atoms with van der Waals surface area (Å²) in [7, 11) is 1.76. The molecule has 0 aromatic carbocycles. The lowest BCUT2D eigenvalue weighted by atomic mass is 10.2. The van der Waals surface area contributed by atoms with Crippen molar-refractivity contribution in [2.45, 2.75) is 39.3 Å². The van der Waals surface area contributed by atoms with Gasteiger partial charge in [0.1, 0.15) is 11.5 Å². The van der Waals surface area contributed by atoms with Crippen LogP contribution in [-0.2, 0) is 6.54 Å². The highest BCUT2D eigenvalue weighted by atomic mass is 127. The number of guanidine groups is 1. The summed E-state index contributed by atoms with van der Waals surface area (Å²) >= 11 is 0. The Kier molecular flexibility index (Phi) is 7.74. The van der Waals surface area contributed by atoms with E-state index in [0.717, 1.165) is 35.6 Å². The van der Waals surface area contributed by atoms with Gasteiger partial charge in [-0.2, -0.15) is 0 Å². The number of rotatable bonds is 7. The van der Waals surface area contributed by atoms with Crippen LogP contribution in [0.15, 0.2) is 39.9 Å². The fourth-order valence-electron chi connectivity index (χ4n) is 2.47. The number of pyridine rings is 1. The summed E-state index contributed by atoms with van der Waals surface area (Å²) in [6, 6.07) is 7.93. The van der Waals surface area contributed by atoms with Crippen molar-refractivity contribution >= 4 is 29.9 Å². The van der Waals surface area contributed by atoms with Gasteiger partial charge >= 0.3 is 0 Å². The molecular weight excluding hydrogens is 443 g/mol. The number of furan rings is 1. The van der Waals surface area contributed by atoms with E-state index in [1.807, 2.05) is 38.1 Å². The lowest BCUT2D eigenvalue weighted by Crippen LogP contribution is -2.38. The molecule has 1 fully saturated rings. The maximum absolute atomic E-state index is 5.73. The van der Waals surface area contributed by atoms with Gasteiger partial charge in [0.15, 0.2) is 5.96 Å². The molecule has 1 aliphatic carbocycles. The topological polar surface area (TPSA) is 71.7 Å². The van der Waals surface area contributed by atoms with Gasteiger partial charge in [-0.3, -0.25) is 4.99 Å². The van der Waals surface area contributed by atoms with E-state index in [1.54, 1.807) is 13.2 Å². The summed E-state index contributed by atoms with van der Waals surface area (Å²) in [5.41, 5.74) is 1.10. The van der Waals surface area contributed by atoms with Gasteiger partial charge in [0, 0.05) is 25.9 Å². The fraction of sp³-hybridized carbons (Fsp3) is 0.474. The van der Waals surface area contributed by atoms with Gasteiger partial charge in [-0.25, -0.2) is 4.98 Å². The average Bonchev–Trinajstić information content (AvgIpc) is 3.36. The minimum Gasteiger partial charge on any atom is -0.477 e. The van der Waals surface area contributed by atoms with Crippen LogP contribution in [0.25, 0.3) is 0 Å².